The zero-order valence-corrected chi connectivity index (χ0v) is 11.9. The summed E-state index contributed by atoms with van der Waals surface area (Å²) in [5, 5.41) is 8.67. The summed E-state index contributed by atoms with van der Waals surface area (Å²) in [6, 6.07) is 6.17. The SMILES string of the molecule is N[C@@H](Cc1ccc(NS(=O)CI)cc1)C(=O)O. The van der Waals surface area contributed by atoms with Gasteiger partial charge in [0.05, 0.1) is 3.76 Å². The molecule has 0 aliphatic rings. The smallest absolute Gasteiger partial charge is 0.320 e. The van der Waals surface area contributed by atoms with Gasteiger partial charge in [-0.05, 0) is 24.1 Å². The van der Waals surface area contributed by atoms with Crippen molar-refractivity contribution in [3.8, 4) is 0 Å². The third-order valence-electron chi connectivity index (χ3n) is 2.06. The maximum Gasteiger partial charge on any atom is 0.320 e. The van der Waals surface area contributed by atoms with Crippen molar-refractivity contribution in [2.45, 2.75) is 12.5 Å². The predicted octanol–water partition coefficient (Wildman–Crippen LogP) is 1.11. The van der Waals surface area contributed by atoms with Crippen molar-refractivity contribution < 1.29 is 14.1 Å². The minimum absolute atomic E-state index is 0.283. The molecule has 1 aromatic carbocycles. The highest BCUT2D eigenvalue weighted by Crippen LogP contribution is 2.12. The number of nitrogens with two attached hydrogens (primary N) is 1. The Morgan fingerprint density at radius 1 is 1.47 bits per heavy atom. The largest absolute Gasteiger partial charge is 0.480 e. The van der Waals surface area contributed by atoms with Crippen molar-refractivity contribution in [3.63, 3.8) is 0 Å². The second-order valence-electron chi connectivity index (χ2n) is 3.40. The molecule has 0 aliphatic heterocycles. The van der Waals surface area contributed by atoms with Crippen molar-refractivity contribution in [3.05, 3.63) is 29.8 Å². The third kappa shape index (κ3) is 5.00. The van der Waals surface area contributed by atoms with Crippen LogP contribution in [-0.4, -0.2) is 25.1 Å². The van der Waals surface area contributed by atoms with Crippen LogP contribution in [0.25, 0.3) is 0 Å². The summed E-state index contributed by atoms with van der Waals surface area (Å²) < 4.78 is 14.5. The van der Waals surface area contributed by atoms with Gasteiger partial charge in [-0.2, -0.15) is 0 Å². The van der Waals surface area contributed by atoms with Crippen LogP contribution in [0.5, 0.6) is 0 Å². The minimum Gasteiger partial charge on any atom is -0.480 e. The Morgan fingerprint density at radius 3 is 2.53 bits per heavy atom. The van der Waals surface area contributed by atoms with Gasteiger partial charge < -0.3 is 15.6 Å². The van der Waals surface area contributed by atoms with E-state index in [-0.39, 0.29) is 6.42 Å². The Kier molecular flexibility index (Phi) is 5.86. The first-order valence-corrected chi connectivity index (χ1v) is 7.65. The number of aliphatic carboxylic acids is 1. The highest BCUT2D eigenvalue weighted by atomic mass is 127. The molecule has 0 saturated heterocycles. The number of anilines is 1. The molecule has 7 heteroatoms. The molecule has 0 spiro atoms. The summed E-state index contributed by atoms with van der Waals surface area (Å²) in [6.07, 6.45) is 0.283. The first-order chi connectivity index (χ1) is 8.02. The second kappa shape index (κ2) is 6.92. The van der Waals surface area contributed by atoms with Crippen molar-refractivity contribution >= 4 is 45.2 Å². The molecule has 0 bridgehead atoms. The molecular weight excluding hydrogens is 355 g/mol. The topological polar surface area (TPSA) is 92.4 Å². The number of rotatable bonds is 6. The fraction of sp³-hybridized carbons (Fsp3) is 0.300. The first-order valence-electron chi connectivity index (χ1n) is 4.81. The third-order valence-corrected chi connectivity index (χ3v) is 4.42. The molecular formula is C10H13IN2O3S. The zero-order chi connectivity index (χ0) is 12.8. The summed E-state index contributed by atoms with van der Waals surface area (Å²) in [5.41, 5.74) is 7.01. The fourth-order valence-electron chi connectivity index (χ4n) is 1.21. The molecule has 0 fully saturated rings. The highest BCUT2D eigenvalue weighted by Gasteiger charge is 2.11. The molecule has 17 heavy (non-hydrogen) atoms. The maximum atomic E-state index is 11.2. The summed E-state index contributed by atoms with van der Waals surface area (Å²) in [7, 11) is -1.08. The molecule has 0 amide bonds. The van der Waals surface area contributed by atoms with E-state index in [9.17, 15) is 9.00 Å². The van der Waals surface area contributed by atoms with Crippen LogP contribution in [0.2, 0.25) is 0 Å². The number of hydrogen-bond donors (Lipinski definition) is 3. The van der Waals surface area contributed by atoms with Crippen molar-refractivity contribution in [1.29, 1.82) is 0 Å². The van der Waals surface area contributed by atoms with Gasteiger partial charge in [-0.15, -0.1) is 0 Å². The zero-order valence-electron chi connectivity index (χ0n) is 8.93. The van der Waals surface area contributed by atoms with Crippen LogP contribution in [0.1, 0.15) is 5.56 Å². The van der Waals surface area contributed by atoms with Gasteiger partial charge in [-0.25, -0.2) is 4.21 Å². The lowest BCUT2D eigenvalue weighted by molar-refractivity contribution is -0.138. The molecule has 0 heterocycles. The summed E-state index contributed by atoms with van der Waals surface area (Å²) in [5.74, 6) is -1.02. The lowest BCUT2D eigenvalue weighted by atomic mass is 10.1. The molecule has 1 rings (SSSR count). The van der Waals surface area contributed by atoms with E-state index in [0.717, 1.165) is 11.3 Å². The number of nitrogens with one attached hydrogen (secondary N) is 1. The van der Waals surface area contributed by atoms with Gasteiger partial charge in [-0.3, -0.25) is 4.79 Å². The van der Waals surface area contributed by atoms with Gasteiger partial charge in [0, 0.05) is 5.69 Å². The molecule has 4 N–H and O–H groups in total. The molecule has 2 atom stereocenters. The maximum absolute atomic E-state index is 11.2. The summed E-state index contributed by atoms with van der Waals surface area (Å²) in [6.45, 7) is 0. The van der Waals surface area contributed by atoms with E-state index in [2.05, 4.69) is 4.72 Å². The molecule has 94 valence electrons. The molecule has 0 aromatic heterocycles. The van der Waals surface area contributed by atoms with E-state index >= 15 is 0 Å². The molecule has 1 unspecified atom stereocenters. The average molecular weight is 368 g/mol. The highest BCUT2D eigenvalue weighted by molar-refractivity contribution is 14.1. The predicted molar refractivity (Wildman–Crippen MR) is 76.4 cm³/mol. The molecule has 5 nitrogen and oxygen atoms in total. The lowest BCUT2D eigenvalue weighted by Crippen LogP contribution is -2.32. The summed E-state index contributed by atoms with van der Waals surface area (Å²) in [4.78, 5) is 10.6. The molecule has 0 aliphatic carbocycles. The quantitative estimate of drug-likeness (QED) is 0.518. The van der Waals surface area contributed by atoms with Crippen molar-refractivity contribution in [1.82, 2.24) is 0 Å². The minimum atomic E-state index is -1.08. The Labute approximate surface area is 116 Å². The number of benzene rings is 1. The standard InChI is InChI=1S/C10H13IN2O3S/c11-6-17(16)13-8-3-1-7(2-4-8)5-9(12)10(14)15/h1-4,9,13H,5-6,12H2,(H,14,15)/t9-,17?/m0/s1. The first kappa shape index (κ1) is 14.4. The Hall–Kier alpha value is -0.670. The van der Waals surface area contributed by atoms with Gasteiger partial charge in [0.15, 0.2) is 0 Å². The van der Waals surface area contributed by atoms with Crippen LogP contribution in [0.4, 0.5) is 5.69 Å². The Balaban J connectivity index is 2.62. The fourth-order valence-corrected chi connectivity index (χ4v) is 2.13. The van der Waals surface area contributed by atoms with Gasteiger partial charge in [0.1, 0.15) is 17.0 Å². The average Bonchev–Trinajstić information content (AvgIpc) is 2.31. The number of alkyl halides is 1. The van der Waals surface area contributed by atoms with E-state index in [4.69, 9.17) is 10.8 Å². The van der Waals surface area contributed by atoms with Crippen molar-refractivity contribution in [2.75, 3.05) is 8.48 Å². The van der Waals surface area contributed by atoms with Gasteiger partial charge >= 0.3 is 5.97 Å². The molecule has 0 saturated carbocycles. The number of halogens is 1. The second-order valence-corrected chi connectivity index (χ2v) is 6.38. The number of carboxylic acid groups (broad SMARTS) is 1. The number of carboxylic acids is 1. The van der Waals surface area contributed by atoms with Crippen LogP contribution in [0, 0.1) is 0 Å². The normalized spacial score (nSPS) is 14.0. The number of hydrogen-bond acceptors (Lipinski definition) is 3. The summed E-state index contributed by atoms with van der Waals surface area (Å²) >= 11 is 2.03. The molecule has 1 aromatic rings. The van der Waals surface area contributed by atoms with E-state index in [1.54, 1.807) is 24.3 Å². The van der Waals surface area contributed by atoms with Crippen LogP contribution < -0.4 is 10.5 Å². The monoisotopic (exact) mass is 368 g/mol. The van der Waals surface area contributed by atoms with Crippen LogP contribution in [0.15, 0.2) is 24.3 Å². The van der Waals surface area contributed by atoms with E-state index in [0.29, 0.717) is 3.76 Å². The van der Waals surface area contributed by atoms with Crippen molar-refractivity contribution in [2.24, 2.45) is 5.73 Å². The van der Waals surface area contributed by atoms with Crippen LogP contribution in [-0.2, 0) is 22.2 Å². The van der Waals surface area contributed by atoms with E-state index < -0.39 is 23.0 Å². The molecule has 0 radical (unpaired) electrons. The van der Waals surface area contributed by atoms with Crippen LogP contribution in [0.3, 0.4) is 0 Å². The van der Waals surface area contributed by atoms with Gasteiger partial charge in [-0.1, -0.05) is 34.7 Å². The Morgan fingerprint density at radius 2 is 2.06 bits per heavy atom. The van der Waals surface area contributed by atoms with Gasteiger partial charge in [0.25, 0.3) is 0 Å². The Bertz CT molecular complexity index is 411. The van der Waals surface area contributed by atoms with E-state index in [1.165, 1.54) is 0 Å². The van der Waals surface area contributed by atoms with Crippen LogP contribution >= 0.6 is 22.6 Å². The van der Waals surface area contributed by atoms with Gasteiger partial charge in [0.2, 0.25) is 0 Å². The number of carbonyl (C=O) groups is 1. The lowest BCUT2D eigenvalue weighted by Gasteiger charge is -2.08. The van der Waals surface area contributed by atoms with E-state index in [1.807, 2.05) is 22.6 Å².